The smallest absolute Gasteiger partial charge is 0.0200 e. The van der Waals surface area contributed by atoms with Gasteiger partial charge in [-0.05, 0) is 32.2 Å². The van der Waals surface area contributed by atoms with E-state index in [4.69, 9.17) is 0 Å². The molecule has 1 aliphatic carbocycles. The monoisotopic (exact) mass is 182 g/mol. The summed E-state index contributed by atoms with van der Waals surface area (Å²) in [4.78, 5) is 2.48. The SMILES string of the molecule is CCC1CC(NC2CC2)CN(C)C1. The van der Waals surface area contributed by atoms with Crippen LogP contribution < -0.4 is 5.32 Å². The standard InChI is InChI=1S/C11H22N2/c1-3-9-6-11(8-13(2)7-9)12-10-4-5-10/h9-12H,3-8H2,1-2H3. The summed E-state index contributed by atoms with van der Waals surface area (Å²) in [5.41, 5.74) is 0. The van der Waals surface area contributed by atoms with Gasteiger partial charge in [0.05, 0.1) is 0 Å². The molecule has 0 bridgehead atoms. The maximum atomic E-state index is 3.75. The summed E-state index contributed by atoms with van der Waals surface area (Å²) in [5, 5.41) is 3.75. The molecule has 0 aromatic rings. The van der Waals surface area contributed by atoms with Gasteiger partial charge in [-0.3, -0.25) is 0 Å². The second kappa shape index (κ2) is 3.97. The summed E-state index contributed by atoms with van der Waals surface area (Å²) < 4.78 is 0. The van der Waals surface area contributed by atoms with Crippen LogP contribution in [0.15, 0.2) is 0 Å². The van der Waals surface area contributed by atoms with Gasteiger partial charge in [0.25, 0.3) is 0 Å². The molecule has 1 saturated heterocycles. The fourth-order valence-electron chi connectivity index (χ4n) is 2.44. The van der Waals surface area contributed by atoms with E-state index < -0.39 is 0 Å². The van der Waals surface area contributed by atoms with Crippen LogP contribution in [0, 0.1) is 5.92 Å². The van der Waals surface area contributed by atoms with Crippen LogP contribution >= 0.6 is 0 Å². The third kappa shape index (κ3) is 2.68. The van der Waals surface area contributed by atoms with Crippen molar-refractivity contribution in [3.63, 3.8) is 0 Å². The number of likely N-dealkylation sites (tertiary alicyclic amines) is 1. The normalized spacial score (nSPS) is 36.5. The third-order valence-electron chi connectivity index (χ3n) is 3.35. The molecule has 13 heavy (non-hydrogen) atoms. The lowest BCUT2D eigenvalue weighted by Gasteiger charge is -2.35. The molecule has 1 saturated carbocycles. The number of rotatable bonds is 3. The van der Waals surface area contributed by atoms with Crippen molar-refractivity contribution in [1.29, 1.82) is 0 Å². The predicted octanol–water partition coefficient (Wildman–Crippen LogP) is 1.47. The molecule has 2 heteroatoms. The van der Waals surface area contributed by atoms with E-state index in [0.717, 1.165) is 18.0 Å². The third-order valence-corrected chi connectivity index (χ3v) is 3.35. The number of likely N-dealkylation sites (N-methyl/N-ethyl adjacent to an activating group) is 1. The average Bonchev–Trinajstić information content (AvgIpc) is 2.87. The van der Waals surface area contributed by atoms with Crippen LogP contribution in [0.25, 0.3) is 0 Å². The van der Waals surface area contributed by atoms with E-state index in [1.165, 1.54) is 38.8 Å². The molecule has 76 valence electrons. The topological polar surface area (TPSA) is 15.3 Å². The zero-order valence-electron chi connectivity index (χ0n) is 8.92. The first-order valence-electron chi connectivity index (χ1n) is 5.72. The van der Waals surface area contributed by atoms with Crippen LogP contribution in [0.1, 0.15) is 32.6 Å². The lowest BCUT2D eigenvalue weighted by Crippen LogP contribution is -2.48. The molecule has 1 N–H and O–H groups in total. The van der Waals surface area contributed by atoms with Crippen LogP contribution in [0.3, 0.4) is 0 Å². The highest BCUT2D eigenvalue weighted by Gasteiger charge is 2.29. The molecule has 0 aromatic heterocycles. The molecule has 0 radical (unpaired) electrons. The van der Waals surface area contributed by atoms with Crippen molar-refractivity contribution in [2.75, 3.05) is 20.1 Å². The minimum atomic E-state index is 0.774. The highest BCUT2D eigenvalue weighted by molar-refractivity contribution is 4.89. The molecule has 0 spiro atoms. The molecule has 1 heterocycles. The summed E-state index contributed by atoms with van der Waals surface area (Å²) >= 11 is 0. The minimum absolute atomic E-state index is 0.774. The van der Waals surface area contributed by atoms with Gasteiger partial charge in [0.2, 0.25) is 0 Å². The molecular formula is C11H22N2. The summed E-state index contributed by atoms with van der Waals surface area (Å²) in [7, 11) is 2.25. The summed E-state index contributed by atoms with van der Waals surface area (Å²) in [5.74, 6) is 0.926. The van der Waals surface area contributed by atoms with Gasteiger partial charge in [-0.25, -0.2) is 0 Å². The minimum Gasteiger partial charge on any atom is -0.310 e. The molecule has 2 unspecified atom stereocenters. The maximum Gasteiger partial charge on any atom is 0.0200 e. The highest BCUT2D eigenvalue weighted by atomic mass is 15.2. The molecule has 2 atom stereocenters. The van der Waals surface area contributed by atoms with Gasteiger partial charge in [0.15, 0.2) is 0 Å². The van der Waals surface area contributed by atoms with Gasteiger partial charge in [0.1, 0.15) is 0 Å². The second-order valence-corrected chi connectivity index (χ2v) is 4.87. The Bertz CT molecular complexity index is 163. The first-order chi connectivity index (χ1) is 6.28. The molecular weight excluding hydrogens is 160 g/mol. The molecule has 2 rings (SSSR count). The van der Waals surface area contributed by atoms with Crippen molar-refractivity contribution in [3.05, 3.63) is 0 Å². The Morgan fingerprint density at radius 1 is 1.23 bits per heavy atom. The van der Waals surface area contributed by atoms with Crippen molar-refractivity contribution >= 4 is 0 Å². The van der Waals surface area contributed by atoms with Gasteiger partial charge < -0.3 is 10.2 Å². The van der Waals surface area contributed by atoms with Crippen molar-refractivity contribution < 1.29 is 0 Å². The van der Waals surface area contributed by atoms with E-state index in [1.54, 1.807) is 0 Å². The van der Waals surface area contributed by atoms with Crippen LogP contribution in [0.2, 0.25) is 0 Å². The van der Waals surface area contributed by atoms with Crippen molar-refractivity contribution in [2.24, 2.45) is 5.92 Å². The van der Waals surface area contributed by atoms with E-state index >= 15 is 0 Å². The Hall–Kier alpha value is -0.0800. The number of piperidine rings is 1. The van der Waals surface area contributed by atoms with E-state index in [9.17, 15) is 0 Å². The summed E-state index contributed by atoms with van der Waals surface area (Å²) in [6.07, 6.45) is 5.57. The Morgan fingerprint density at radius 2 is 2.00 bits per heavy atom. The number of nitrogens with one attached hydrogen (secondary N) is 1. The average molecular weight is 182 g/mol. The van der Waals surface area contributed by atoms with Gasteiger partial charge in [0, 0.05) is 25.2 Å². The first-order valence-corrected chi connectivity index (χ1v) is 5.72. The van der Waals surface area contributed by atoms with Crippen LogP contribution in [0.4, 0.5) is 0 Å². The quantitative estimate of drug-likeness (QED) is 0.711. The van der Waals surface area contributed by atoms with Gasteiger partial charge in [-0.15, -0.1) is 0 Å². The van der Waals surface area contributed by atoms with E-state index in [0.29, 0.717) is 0 Å². The zero-order valence-corrected chi connectivity index (χ0v) is 8.92. The molecule has 1 aliphatic heterocycles. The Morgan fingerprint density at radius 3 is 2.62 bits per heavy atom. The number of nitrogens with zero attached hydrogens (tertiary/aromatic N) is 1. The Labute approximate surface area is 81.7 Å². The zero-order chi connectivity index (χ0) is 9.26. The summed E-state index contributed by atoms with van der Waals surface area (Å²) in [6, 6.07) is 1.64. The molecule has 0 amide bonds. The van der Waals surface area contributed by atoms with Crippen molar-refractivity contribution in [2.45, 2.75) is 44.7 Å². The molecule has 0 aromatic carbocycles. The van der Waals surface area contributed by atoms with E-state index in [1.807, 2.05) is 0 Å². The van der Waals surface area contributed by atoms with Crippen molar-refractivity contribution in [1.82, 2.24) is 10.2 Å². The maximum absolute atomic E-state index is 3.75. The first kappa shape index (κ1) is 9.47. The fourth-order valence-corrected chi connectivity index (χ4v) is 2.44. The second-order valence-electron chi connectivity index (χ2n) is 4.87. The number of hydrogen-bond donors (Lipinski definition) is 1. The van der Waals surface area contributed by atoms with Crippen LogP contribution in [-0.4, -0.2) is 37.1 Å². The molecule has 2 fully saturated rings. The predicted molar refractivity (Wildman–Crippen MR) is 55.8 cm³/mol. The van der Waals surface area contributed by atoms with Crippen molar-refractivity contribution in [3.8, 4) is 0 Å². The van der Waals surface area contributed by atoms with E-state index in [-0.39, 0.29) is 0 Å². The lowest BCUT2D eigenvalue weighted by atomic mass is 9.92. The number of hydrogen-bond acceptors (Lipinski definition) is 2. The largest absolute Gasteiger partial charge is 0.310 e. The Balaban J connectivity index is 1.80. The lowest BCUT2D eigenvalue weighted by molar-refractivity contribution is 0.165. The van der Waals surface area contributed by atoms with Crippen LogP contribution in [0.5, 0.6) is 0 Å². The Kier molecular flexibility index (Phi) is 2.89. The highest BCUT2D eigenvalue weighted by Crippen LogP contribution is 2.24. The molecule has 2 nitrogen and oxygen atoms in total. The van der Waals surface area contributed by atoms with Gasteiger partial charge in [-0.2, -0.15) is 0 Å². The van der Waals surface area contributed by atoms with Crippen LogP contribution in [-0.2, 0) is 0 Å². The fraction of sp³-hybridized carbons (Fsp3) is 1.00. The summed E-state index contributed by atoms with van der Waals surface area (Å²) in [6.45, 7) is 4.88. The van der Waals surface area contributed by atoms with Gasteiger partial charge >= 0.3 is 0 Å². The van der Waals surface area contributed by atoms with E-state index in [2.05, 4.69) is 24.2 Å². The van der Waals surface area contributed by atoms with Gasteiger partial charge in [-0.1, -0.05) is 13.3 Å². The molecule has 2 aliphatic rings.